The van der Waals surface area contributed by atoms with Crippen LogP contribution in [-0.2, 0) is 0 Å². The maximum Gasteiger partial charge on any atom is 0.144 e. The van der Waals surface area contributed by atoms with Gasteiger partial charge in [-0.15, -0.1) is 0 Å². The number of aliphatic hydroxyl groups excluding tert-OH is 1. The van der Waals surface area contributed by atoms with Crippen molar-refractivity contribution in [3.8, 4) is 5.75 Å². The van der Waals surface area contributed by atoms with Crippen LogP contribution in [0.1, 0.15) is 83.6 Å². The van der Waals surface area contributed by atoms with E-state index in [1.165, 1.54) is 24.8 Å². The molecule has 3 aliphatic rings. The van der Waals surface area contributed by atoms with Gasteiger partial charge in [0.15, 0.2) is 0 Å². The number of benzene rings is 1. The number of fused-ring (bicyclic) bond motifs is 2. The van der Waals surface area contributed by atoms with Crippen molar-refractivity contribution in [2.24, 2.45) is 17.8 Å². The third kappa shape index (κ3) is 5.38. The summed E-state index contributed by atoms with van der Waals surface area (Å²) < 4.78 is 6.08. The van der Waals surface area contributed by atoms with Gasteiger partial charge in [0.2, 0.25) is 0 Å². The van der Waals surface area contributed by atoms with Crippen LogP contribution in [0.2, 0.25) is 0 Å². The lowest BCUT2D eigenvalue weighted by Crippen LogP contribution is -2.54. The fourth-order valence-corrected chi connectivity index (χ4v) is 6.33. The molecule has 3 N–H and O–H groups in total. The molecule has 0 spiro atoms. The van der Waals surface area contributed by atoms with Crippen LogP contribution in [0.15, 0.2) is 24.3 Å². The highest BCUT2D eigenvalue weighted by atomic mass is 16.5. The van der Waals surface area contributed by atoms with Crippen LogP contribution in [0.25, 0.3) is 0 Å². The van der Waals surface area contributed by atoms with Crippen molar-refractivity contribution in [2.75, 3.05) is 0 Å². The van der Waals surface area contributed by atoms with Gasteiger partial charge in [-0.1, -0.05) is 30.5 Å². The van der Waals surface area contributed by atoms with Crippen LogP contribution >= 0.6 is 0 Å². The lowest BCUT2D eigenvalue weighted by Gasteiger charge is -2.41. The van der Waals surface area contributed by atoms with Gasteiger partial charge in [-0.05, 0) is 102 Å². The smallest absolute Gasteiger partial charge is 0.144 e. The summed E-state index contributed by atoms with van der Waals surface area (Å²) in [5.41, 5.74) is 0.0854. The van der Waals surface area contributed by atoms with E-state index >= 15 is 0 Å². The number of aliphatic hydroxyl groups is 2. The first-order chi connectivity index (χ1) is 14.2. The molecule has 4 heteroatoms. The highest BCUT2D eigenvalue weighted by Crippen LogP contribution is 2.49. The minimum Gasteiger partial charge on any atom is -0.484 e. The van der Waals surface area contributed by atoms with Gasteiger partial charge in [-0.2, -0.15) is 0 Å². The van der Waals surface area contributed by atoms with Crippen molar-refractivity contribution in [1.82, 2.24) is 5.32 Å². The lowest BCUT2D eigenvalue weighted by molar-refractivity contribution is -0.0597. The molecule has 1 aromatic carbocycles. The van der Waals surface area contributed by atoms with Gasteiger partial charge in [0.25, 0.3) is 0 Å². The molecule has 2 bridgehead atoms. The Kier molecular flexibility index (Phi) is 6.48. The second-order valence-electron chi connectivity index (χ2n) is 11.2. The van der Waals surface area contributed by atoms with Crippen LogP contribution in [0.5, 0.6) is 5.75 Å². The summed E-state index contributed by atoms with van der Waals surface area (Å²) >= 11 is 0. The molecule has 3 aliphatic carbocycles. The van der Waals surface area contributed by atoms with Crippen LogP contribution < -0.4 is 10.1 Å². The Bertz CT molecular complexity index is 681. The first kappa shape index (κ1) is 22.1. The molecule has 0 radical (unpaired) electrons. The maximum atomic E-state index is 11.2. The molecule has 3 saturated carbocycles. The number of ether oxygens (including phenoxy) is 1. The quantitative estimate of drug-likeness (QED) is 0.552. The molecule has 168 valence electrons. The highest BCUT2D eigenvalue weighted by molar-refractivity contribution is 5.27. The standard InChI is InChI=1S/C26H41NO3/c1-18-4-12-23(13-5-18)30-25(2,3)24(28)27-22-10-8-19(9-11-22)15-26(29)16-20-6-7-21(14-20)17-26/h4-5,12-13,19-22,24,27-29H,6-11,14-17H2,1-3H3. The number of hydrogen-bond donors (Lipinski definition) is 3. The van der Waals surface area contributed by atoms with Crippen LogP contribution in [0, 0.1) is 24.7 Å². The zero-order valence-corrected chi connectivity index (χ0v) is 19.1. The van der Waals surface area contributed by atoms with Gasteiger partial charge in [-0.25, -0.2) is 0 Å². The van der Waals surface area contributed by atoms with Crippen LogP contribution in [0.4, 0.5) is 0 Å². The second kappa shape index (κ2) is 8.80. The Morgan fingerprint density at radius 2 is 1.63 bits per heavy atom. The van der Waals surface area contributed by atoms with Crippen molar-refractivity contribution in [3.05, 3.63) is 29.8 Å². The molecule has 0 heterocycles. The molecular formula is C26H41NO3. The molecular weight excluding hydrogens is 374 g/mol. The minimum absolute atomic E-state index is 0.314. The van der Waals surface area contributed by atoms with Crippen LogP contribution in [-0.4, -0.2) is 33.7 Å². The van der Waals surface area contributed by atoms with Crippen molar-refractivity contribution in [3.63, 3.8) is 0 Å². The lowest BCUT2D eigenvalue weighted by atomic mass is 9.70. The maximum absolute atomic E-state index is 11.2. The van der Waals surface area contributed by atoms with Crippen molar-refractivity contribution in [2.45, 2.75) is 108 Å². The Hall–Kier alpha value is -1.10. The molecule has 0 amide bonds. The van der Waals surface area contributed by atoms with Gasteiger partial charge >= 0.3 is 0 Å². The fraction of sp³-hybridized carbons (Fsp3) is 0.769. The van der Waals surface area contributed by atoms with Crippen molar-refractivity contribution >= 4 is 0 Å². The third-order valence-corrected chi connectivity index (χ3v) is 7.96. The summed E-state index contributed by atoms with van der Waals surface area (Å²) in [7, 11) is 0. The summed E-state index contributed by atoms with van der Waals surface area (Å²) in [4.78, 5) is 0. The van der Waals surface area contributed by atoms with E-state index in [0.717, 1.165) is 62.5 Å². The monoisotopic (exact) mass is 415 g/mol. The molecule has 3 unspecified atom stereocenters. The van der Waals surface area contributed by atoms with E-state index in [-0.39, 0.29) is 0 Å². The second-order valence-corrected chi connectivity index (χ2v) is 11.2. The minimum atomic E-state index is -0.724. The predicted molar refractivity (Wildman–Crippen MR) is 120 cm³/mol. The Morgan fingerprint density at radius 1 is 1.03 bits per heavy atom. The van der Waals surface area contributed by atoms with Gasteiger partial charge in [0.1, 0.15) is 17.6 Å². The summed E-state index contributed by atoms with van der Waals surface area (Å²) in [6.07, 6.45) is 10.8. The molecule has 3 fully saturated rings. The summed E-state index contributed by atoms with van der Waals surface area (Å²) in [6, 6.07) is 8.28. The van der Waals surface area contributed by atoms with Crippen molar-refractivity contribution in [1.29, 1.82) is 0 Å². The van der Waals surface area contributed by atoms with Gasteiger partial charge in [-0.3, -0.25) is 5.32 Å². The summed E-state index contributed by atoms with van der Waals surface area (Å²) in [5.74, 6) is 2.96. The number of nitrogens with one attached hydrogen (secondary N) is 1. The largest absolute Gasteiger partial charge is 0.484 e. The number of hydrogen-bond acceptors (Lipinski definition) is 4. The van der Waals surface area contributed by atoms with E-state index in [1.54, 1.807) is 0 Å². The third-order valence-electron chi connectivity index (χ3n) is 7.96. The van der Waals surface area contributed by atoms with E-state index in [0.29, 0.717) is 12.0 Å². The molecule has 4 nitrogen and oxygen atoms in total. The van der Waals surface area contributed by atoms with E-state index in [9.17, 15) is 10.2 Å². The predicted octanol–water partition coefficient (Wildman–Crippen LogP) is 4.95. The Labute approximate surface area is 182 Å². The zero-order valence-electron chi connectivity index (χ0n) is 19.1. The number of aryl methyl sites for hydroxylation is 1. The average Bonchev–Trinajstić information content (AvgIpc) is 3.04. The molecule has 0 aromatic heterocycles. The zero-order chi connectivity index (χ0) is 21.4. The SMILES string of the molecule is Cc1ccc(OC(C)(C)C(O)NC2CCC(CC3(O)CC4CCC(C4)C3)CC2)cc1. The van der Waals surface area contributed by atoms with Crippen LogP contribution in [0.3, 0.4) is 0 Å². The first-order valence-corrected chi connectivity index (χ1v) is 12.1. The highest BCUT2D eigenvalue weighted by Gasteiger charge is 2.44. The fourth-order valence-electron chi connectivity index (χ4n) is 6.33. The summed E-state index contributed by atoms with van der Waals surface area (Å²) in [6.45, 7) is 5.92. The molecule has 3 atom stereocenters. The molecule has 0 aliphatic heterocycles. The Morgan fingerprint density at radius 3 is 2.23 bits per heavy atom. The number of rotatable bonds is 7. The summed E-state index contributed by atoms with van der Waals surface area (Å²) in [5, 5.41) is 25.4. The molecule has 4 rings (SSSR count). The van der Waals surface area contributed by atoms with E-state index < -0.39 is 17.4 Å². The molecule has 30 heavy (non-hydrogen) atoms. The molecule has 1 aromatic rings. The van der Waals surface area contributed by atoms with Gasteiger partial charge in [0.05, 0.1) is 5.60 Å². The van der Waals surface area contributed by atoms with E-state index in [1.807, 2.05) is 38.1 Å². The molecule has 0 saturated heterocycles. The van der Waals surface area contributed by atoms with E-state index in [4.69, 9.17) is 4.74 Å². The Balaban J connectivity index is 1.23. The van der Waals surface area contributed by atoms with Crippen molar-refractivity contribution < 1.29 is 14.9 Å². The van der Waals surface area contributed by atoms with E-state index in [2.05, 4.69) is 12.2 Å². The first-order valence-electron chi connectivity index (χ1n) is 12.1. The topological polar surface area (TPSA) is 61.7 Å². The average molecular weight is 416 g/mol. The van der Waals surface area contributed by atoms with Gasteiger partial charge in [0, 0.05) is 6.04 Å². The van der Waals surface area contributed by atoms with Gasteiger partial charge < -0.3 is 14.9 Å². The normalized spacial score (nSPS) is 35.2.